The Labute approximate surface area is 98.5 Å². The van der Waals surface area contributed by atoms with Crippen molar-refractivity contribution in [2.75, 3.05) is 0 Å². The molecule has 1 heterocycles. The van der Waals surface area contributed by atoms with Gasteiger partial charge in [-0.25, -0.2) is 0 Å². The minimum Gasteiger partial charge on any atom is -0.507 e. The molecule has 0 saturated heterocycles. The summed E-state index contributed by atoms with van der Waals surface area (Å²) in [4.78, 5) is 21.9. The van der Waals surface area contributed by atoms with Gasteiger partial charge in [0, 0.05) is 18.1 Å². The fraction of sp³-hybridized carbons (Fsp3) is 0.231. The number of carbonyl (C=O) groups is 2. The van der Waals surface area contributed by atoms with Gasteiger partial charge >= 0.3 is 0 Å². The Bertz CT molecular complexity index is 516. The molecule has 0 saturated carbocycles. The van der Waals surface area contributed by atoms with E-state index in [0.29, 0.717) is 24.0 Å². The first-order chi connectivity index (χ1) is 8.02. The number of ether oxygens (including phenoxy) is 1. The number of carbonyl (C=O) groups excluding carboxylic acids is 2. The van der Waals surface area contributed by atoms with Crippen LogP contribution >= 0.6 is 0 Å². The van der Waals surface area contributed by atoms with E-state index in [1.807, 2.05) is 0 Å². The van der Waals surface area contributed by atoms with E-state index in [2.05, 4.69) is 6.58 Å². The van der Waals surface area contributed by atoms with Crippen molar-refractivity contribution in [2.24, 2.45) is 0 Å². The van der Waals surface area contributed by atoms with Crippen molar-refractivity contribution >= 4 is 12.1 Å². The smallest absolute Gasteiger partial charge is 0.163 e. The van der Waals surface area contributed by atoms with Crippen molar-refractivity contribution in [3.8, 4) is 11.5 Å². The molecule has 17 heavy (non-hydrogen) atoms. The summed E-state index contributed by atoms with van der Waals surface area (Å²) < 4.78 is 5.47. The van der Waals surface area contributed by atoms with Crippen LogP contribution in [0.3, 0.4) is 0 Å². The lowest BCUT2D eigenvalue weighted by atomic mass is 10.0. The highest BCUT2D eigenvalue weighted by atomic mass is 16.5. The Hall–Kier alpha value is -2.10. The molecule has 88 valence electrons. The molecular formula is C13H12O4. The lowest BCUT2D eigenvalue weighted by Crippen LogP contribution is -2.16. The predicted molar refractivity (Wildman–Crippen MR) is 61.4 cm³/mol. The zero-order valence-electron chi connectivity index (χ0n) is 9.40. The van der Waals surface area contributed by atoms with Gasteiger partial charge in [-0.05, 0) is 18.6 Å². The Morgan fingerprint density at radius 2 is 2.29 bits per heavy atom. The number of fused-ring (bicyclic) bond motifs is 1. The zero-order chi connectivity index (χ0) is 12.6. The molecule has 1 aliphatic rings. The molecular weight excluding hydrogens is 220 g/mol. The molecule has 0 radical (unpaired) electrons. The molecule has 4 nitrogen and oxygen atoms in total. The fourth-order valence-corrected chi connectivity index (χ4v) is 1.84. The van der Waals surface area contributed by atoms with E-state index in [-0.39, 0.29) is 17.1 Å². The van der Waals surface area contributed by atoms with E-state index in [1.54, 1.807) is 6.07 Å². The van der Waals surface area contributed by atoms with Gasteiger partial charge in [0.05, 0.1) is 5.56 Å². The summed E-state index contributed by atoms with van der Waals surface area (Å²) in [6.07, 6.45) is 0.750. The minimum atomic E-state index is -0.399. The predicted octanol–water partition coefficient (Wildman–Crippen LogP) is 1.65. The number of aldehydes is 1. The van der Waals surface area contributed by atoms with Crippen LogP contribution in [-0.4, -0.2) is 23.3 Å². The van der Waals surface area contributed by atoms with E-state index >= 15 is 0 Å². The molecule has 1 N–H and O–H groups in total. The van der Waals surface area contributed by atoms with Gasteiger partial charge in [-0.2, -0.15) is 0 Å². The van der Waals surface area contributed by atoms with Crippen molar-refractivity contribution in [3.05, 3.63) is 35.4 Å². The molecule has 1 aliphatic heterocycles. The van der Waals surface area contributed by atoms with Crippen molar-refractivity contribution in [3.63, 3.8) is 0 Å². The largest absolute Gasteiger partial charge is 0.507 e. The SMILES string of the molecule is C=C(C=O)[C@@H]1Cc2cc(C(C)=O)c(O)cc2O1. The second-order valence-electron chi connectivity index (χ2n) is 4.04. The maximum Gasteiger partial charge on any atom is 0.163 e. The van der Waals surface area contributed by atoms with E-state index < -0.39 is 6.10 Å². The Morgan fingerprint density at radius 1 is 1.59 bits per heavy atom. The Balaban J connectivity index is 2.36. The van der Waals surface area contributed by atoms with Gasteiger partial charge in [0.1, 0.15) is 23.9 Å². The van der Waals surface area contributed by atoms with Crippen LogP contribution in [0.5, 0.6) is 11.5 Å². The van der Waals surface area contributed by atoms with E-state index in [1.165, 1.54) is 13.0 Å². The van der Waals surface area contributed by atoms with Crippen LogP contribution in [0.4, 0.5) is 0 Å². The maximum atomic E-state index is 11.3. The van der Waals surface area contributed by atoms with Gasteiger partial charge in [-0.3, -0.25) is 9.59 Å². The van der Waals surface area contributed by atoms with Crippen LogP contribution in [0.15, 0.2) is 24.3 Å². The molecule has 1 aromatic carbocycles. The van der Waals surface area contributed by atoms with Gasteiger partial charge in [0.15, 0.2) is 5.78 Å². The quantitative estimate of drug-likeness (QED) is 0.489. The number of phenolic OH excluding ortho intramolecular Hbond substituents is 1. The molecule has 0 aliphatic carbocycles. The molecule has 0 amide bonds. The number of aromatic hydroxyl groups is 1. The molecule has 0 spiro atoms. The molecule has 0 bridgehead atoms. The minimum absolute atomic E-state index is 0.103. The summed E-state index contributed by atoms with van der Waals surface area (Å²) in [5.74, 6) is 0.192. The Kier molecular flexibility index (Phi) is 2.71. The van der Waals surface area contributed by atoms with Crippen LogP contribution in [0, 0.1) is 0 Å². The lowest BCUT2D eigenvalue weighted by molar-refractivity contribution is -0.105. The first-order valence-corrected chi connectivity index (χ1v) is 5.20. The van der Waals surface area contributed by atoms with Crippen molar-refractivity contribution < 1.29 is 19.4 Å². The third-order valence-electron chi connectivity index (χ3n) is 2.80. The molecule has 0 unspecified atom stereocenters. The summed E-state index contributed by atoms with van der Waals surface area (Å²) in [6.45, 7) is 4.98. The average Bonchev–Trinajstić information content (AvgIpc) is 2.69. The van der Waals surface area contributed by atoms with Crippen LogP contribution in [-0.2, 0) is 11.2 Å². The number of rotatable bonds is 3. The van der Waals surface area contributed by atoms with E-state index in [4.69, 9.17) is 4.74 Å². The first-order valence-electron chi connectivity index (χ1n) is 5.20. The van der Waals surface area contributed by atoms with Crippen molar-refractivity contribution in [1.82, 2.24) is 0 Å². The monoisotopic (exact) mass is 232 g/mol. The average molecular weight is 232 g/mol. The zero-order valence-corrected chi connectivity index (χ0v) is 9.40. The highest BCUT2D eigenvalue weighted by molar-refractivity contribution is 5.97. The summed E-state index contributed by atoms with van der Waals surface area (Å²) >= 11 is 0. The number of phenols is 1. The Morgan fingerprint density at radius 3 is 2.88 bits per heavy atom. The standard InChI is InChI=1S/C13H12O4/c1-7(6-14)12-4-9-3-10(8(2)15)11(16)5-13(9)17-12/h3,5-6,12,16H,1,4H2,2H3/t12-/m0/s1. The number of hydrogen-bond donors (Lipinski definition) is 1. The fourth-order valence-electron chi connectivity index (χ4n) is 1.84. The maximum absolute atomic E-state index is 11.3. The summed E-state index contributed by atoms with van der Waals surface area (Å²) in [5.41, 5.74) is 1.43. The number of benzene rings is 1. The molecule has 2 rings (SSSR count). The van der Waals surface area contributed by atoms with Gasteiger partial charge in [0.25, 0.3) is 0 Å². The normalized spacial score (nSPS) is 17.1. The number of Topliss-reactive ketones (excluding diaryl/α,β-unsaturated/α-hetero) is 1. The summed E-state index contributed by atoms with van der Waals surface area (Å²) in [7, 11) is 0. The third kappa shape index (κ3) is 1.93. The molecule has 0 fully saturated rings. The van der Waals surface area contributed by atoms with Crippen molar-refractivity contribution in [1.29, 1.82) is 0 Å². The highest BCUT2D eigenvalue weighted by Crippen LogP contribution is 2.36. The summed E-state index contributed by atoms with van der Waals surface area (Å²) in [6, 6.07) is 3.01. The first kappa shape index (κ1) is 11.4. The molecule has 1 aromatic rings. The van der Waals surface area contributed by atoms with Gasteiger partial charge in [-0.1, -0.05) is 6.58 Å². The third-order valence-corrected chi connectivity index (χ3v) is 2.80. The summed E-state index contributed by atoms with van der Waals surface area (Å²) in [5, 5.41) is 9.63. The number of hydrogen-bond acceptors (Lipinski definition) is 4. The molecule has 4 heteroatoms. The van der Waals surface area contributed by atoms with Gasteiger partial charge in [0.2, 0.25) is 0 Å². The number of ketones is 1. The van der Waals surface area contributed by atoms with Gasteiger partial charge in [-0.15, -0.1) is 0 Å². The molecule has 0 aromatic heterocycles. The van der Waals surface area contributed by atoms with E-state index in [0.717, 1.165) is 5.56 Å². The molecule has 1 atom stereocenters. The van der Waals surface area contributed by atoms with Crippen LogP contribution in [0.1, 0.15) is 22.8 Å². The lowest BCUT2D eigenvalue weighted by Gasteiger charge is -2.08. The van der Waals surface area contributed by atoms with Gasteiger partial charge < -0.3 is 9.84 Å². The second-order valence-corrected chi connectivity index (χ2v) is 4.04. The highest BCUT2D eigenvalue weighted by Gasteiger charge is 2.27. The van der Waals surface area contributed by atoms with Crippen LogP contribution in [0.25, 0.3) is 0 Å². The van der Waals surface area contributed by atoms with Crippen LogP contribution < -0.4 is 4.74 Å². The van der Waals surface area contributed by atoms with E-state index in [9.17, 15) is 14.7 Å². The van der Waals surface area contributed by atoms with Crippen molar-refractivity contribution in [2.45, 2.75) is 19.4 Å². The van der Waals surface area contributed by atoms with Crippen LogP contribution in [0.2, 0.25) is 0 Å². The topological polar surface area (TPSA) is 63.6 Å². The second kappa shape index (κ2) is 4.05.